The Morgan fingerprint density at radius 1 is 1.13 bits per heavy atom. The number of likely N-dealkylation sites (tertiary alicyclic amines) is 2. The third-order valence-electron chi connectivity index (χ3n) is 6.55. The number of carbonyl (C=O) groups excluding carboxylic acids is 1. The number of rotatable bonds is 6. The van der Waals surface area contributed by atoms with Crippen molar-refractivity contribution < 1.29 is 9.32 Å². The van der Waals surface area contributed by atoms with Crippen molar-refractivity contribution in [3.8, 4) is 0 Å². The molecule has 1 aromatic carbocycles. The second-order valence-electron chi connectivity index (χ2n) is 8.70. The Bertz CT molecular complexity index is 808. The van der Waals surface area contributed by atoms with Crippen LogP contribution in [0.4, 0.5) is 0 Å². The van der Waals surface area contributed by atoms with Gasteiger partial charge in [0.25, 0.3) is 0 Å². The van der Waals surface area contributed by atoms with Crippen molar-refractivity contribution in [2.24, 2.45) is 0 Å². The van der Waals surface area contributed by atoms with Crippen LogP contribution in [0.3, 0.4) is 0 Å². The van der Waals surface area contributed by atoms with E-state index < -0.39 is 0 Å². The fourth-order valence-electron chi connectivity index (χ4n) is 4.59. The molecule has 2 aliphatic heterocycles. The maximum Gasteiger partial charge on any atom is 0.237 e. The Morgan fingerprint density at radius 2 is 1.83 bits per heavy atom. The van der Waals surface area contributed by atoms with E-state index >= 15 is 0 Å². The SMILES string of the molecule is Cc1nc(C2CCN(C(C)C(=O)NC3CCN(Cc4ccccc4)CC3)CC2)no1. The molecule has 7 nitrogen and oxygen atoms in total. The number of carbonyl (C=O) groups is 1. The molecule has 162 valence electrons. The van der Waals surface area contributed by atoms with Gasteiger partial charge in [-0.05, 0) is 51.3 Å². The Hall–Kier alpha value is -2.25. The first-order valence-corrected chi connectivity index (χ1v) is 11.2. The zero-order valence-electron chi connectivity index (χ0n) is 18.1. The molecule has 1 N–H and O–H groups in total. The summed E-state index contributed by atoms with van der Waals surface area (Å²) in [7, 11) is 0. The summed E-state index contributed by atoms with van der Waals surface area (Å²) in [5, 5.41) is 7.37. The van der Waals surface area contributed by atoms with Crippen molar-refractivity contribution in [1.82, 2.24) is 25.3 Å². The highest BCUT2D eigenvalue weighted by Gasteiger charge is 2.30. The predicted octanol–water partition coefficient (Wildman–Crippen LogP) is 2.73. The Kier molecular flexibility index (Phi) is 6.79. The minimum Gasteiger partial charge on any atom is -0.352 e. The maximum atomic E-state index is 12.8. The van der Waals surface area contributed by atoms with Crippen LogP contribution < -0.4 is 5.32 Å². The Labute approximate surface area is 178 Å². The molecule has 2 aliphatic rings. The molecule has 4 rings (SSSR count). The summed E-state index contributed by atoms with van der Waals surface area (Å²) in [5.74, 6) is 1.93. The summed E-state index contributed by atoms with van der Waals surface area (Å²) in [6.07, 6.45) is 3.97. The van der Waals surface area contributed by atoms with Crippen LogP contribution in [0.5, 0.6) is 0 Å². The van der Waals surface area contributed by atoms with Crippen LogP contribution in [0.2, 0.25) is 0 Å². The van der Waals surface area contributed by atoms with E-state index in [0.29, 0.717) is 11.8 Å². The highest BCUT2D eigenvalue weighted by atomic mass is 16.5. The summed E-state index contributed by atoms with van der Waals surface area (Å²) in [4.78, 5) is 22.0. The van der Waals surface area contributed by atoms with Crippen LogP contribution in [0.15, 0.2) is 34.9 Å². The van der Waals surface area contributed by atoms with Crippen molar-refractivity contribution in [2.45, 2.75) is 64.1 Å². The van der Waals surface area contributed by atoms with E-state index in [9.17, 15) is 4.79 Å². The van der Waals surface area contributed by atoms with E-state index in [4.69, 9.17) is 4.52 Å². The third kappa shape index (κ3) is 5.26. The van der Waals surface area contributed by atoms with Crippen molar-refractivity contribution >= 4 is 5.91 Å². The van der Waals surface area contributed by atoms with Crippen LogP contribution in [-0.4, -0.2) is 64.1 Å². The first-order chi connectivity index (χ1) is 14.6. The first-order valence-electron chi connectivity index (χ1n) is 11.2. The van der Waals surface area contributed by atoms with Crippen molar-refractivity contribution in [3.63, 3.8) is 0 Å². The number of benzene rings is 1. The molecule has 2 aromatic rings. The molecular formula is C23H33N5O2. The average molecular weight is 412 g/mol. The maximum absolute atomic E-state index is 12.8. The van der Waals surface area contributed by atoms with Crippen LogP contribution in [0.1, 0.15) is 55.8 Å². The topological polar surface area (TPSA) is 74.5 Å². The predicted molar refractivity (Wildman–Crippen MR) is 115 cm³/mol. The van der Waals surface area contributed by atoms with Crippen LogP contribution in [-0.2, 0) is 11.3 Å². The molecule has 1 aromatic heterocycles. The molecule has 0 spiro atoms. The van der Waals surface area contributed by atoms with E-state index in [2.05, 4.69) is 55.6 Å². The highest BCUT2D eigenvalue weighted by Crippen LogP contribution is 2.27. The smallest absolute Gasteiger partial charge is 0.237 e. The highest BCUT2D eigenvalue weighted by molar-refractivity contribution is 5.81. The lowest BCUT2D eigenvalue weighted by atomic mass is 9.95. The minimum atomic E-state index is -0.0969. The molecule has 1 amide bonds. The van der Waals surface area contributed by atoms with Gasteiger partial charge in [0.2, 0.25) is 11.8 Å². The van der Waals surface area contributed by atoms with Gasteiger partial charge in [0.1, 0.15) is 0 Å². The fourth-order valence-corrected chi connectivity index (χ4v) is 4.59. The van der Waals surface area contributed by atoms with Crippen LogP contribution in [0, 0.1) is 6.92 Å². The van der Waals surface area contributed by atoms with Crippen molar-refractivity contribution in [1.29, 1.82) is 0 Å². The lowest BCUT2D eigenvalue weighted by Gasteiger charge is -2.36. The number of aryl methyl sites for hydroxylation is 1. The largest absolute Gasteiger partial charge is 0.352 e. The summed E-state index contributed by atoms with van der Waals surface area (Å²) in [5.41, 5.74) is 1.35. The summed E-state index contributed by atoms with van der Waals surface area (Å²) >= 11 is 0. The molecule has 0 aliphatic carbocycles. The van der Waals surface area contributed by atoms with Gasteiger partial charge in [-0.25, -0.2) is 0 Å². The quantitative estimate of drug-likeness (QED) is 0.788. The molecule has 1 unspecified atom stereocenters. The van der Waals surface area contributed by atoms with Gasteiger partial charge in [0, 0.05) is 38.5 Å². The third-order valence-corrected chi connectivity index (χ3v) is 6.55. The van der Waals surface area contributed by atoms with E-state index in [0.717, 1.165) is 64.2 Å². The summed E-state index contributed by atoms with van der Waals surface area (Å²) in [6.45, 7) is 8.69. The standard InChI is InChI=1S/C23H33N5O2/c1-17(28-14-8-20(9-15-28)22-24-18(2)30-26-22)23(29)25-21-10-12-27(13-11-21)16-19-6-4-3-5-7-19/h3-7,17,20-21H,8-16H2,1-2H3,(H,25,29). The summed E-state index contributed by atoms with van der Waals surface area (Å²) < 4.78 is 5.11. The lowest BCUT2D eigenvalue weighted by molar-refractivity contribution is -0.127. The van der Waals surface area contributed by atoms with Crippen LogP contribution >= 0.6 is 0 Å². The number of nitrogens with one attached hydrogen (secondary N) is 1. The van der Waals surface area contributed by atoms with Gasteiger partial charge in [0.15, 0.2) is 5.82 Å². The summed E-state index contributed by atoms with van der Waals surface area (Å²) in [6, 6.07) is 10.8. The van der Waals surface area contributed by atoms with Gasteiger partial charge in [0.05, 0.1) is 6.04 Å². The molecular weight excluding hydrogens is 378 g/mol. The molecule has 0 saturated carbocycles. The number of hydrogen-bond donors (Lipinski definition) is 1. The molecule has 2 fully saturated rings. The number of piperidine rings is 2. The monoisotopic (exact) mass is 411 g/mol. The molecule has 0 radical (unpaired) electrons. The van der Waals surface area contributed by atoms with E-state index in [1.807, 2.05) is 13.8 Å². The molecule has 2 saturated heterocycles. The van der Waals surface area contributed by atoms with E-state index in [-0.39, 0.29) is 18.0 Å². The number of aromatic nitrogens is 2. The lowest BCUT2D eigenvalue weighted by Crippen LogP contribution is -2.52. The Balaban J connectivity index is 1.19. The Morgan fingerprint density at radius 3 is 2.47 bits per heavy atom. The molecule has 30 heavy (non-hydrogen) atoms. The van der Waals surface area contributed by atoms with Crippen LogP contribution in [0.25, 0.3) is 0 Å². The van der Waals surface area contributed by atoms with E-state index in [1.54, 1.807) is 0 Å². The van der Waals surface area contributed by atoms with E-state index in [1.165, 1.54) is 5.56 Å². The second kappa shape index (κ2) is 9.71. The molecule has 7 heteroatoms. The normalized spacial score (nSPS) is 20.9. The minimum absolute atomic E-state index is 0.0969. The van der Waals surface area contributed by atoms with Gasteiger partial charge >= 0.3 is 0 Å². The van der Waals surface area contributed by atoms with Crippen molar-refractivity contribution in [2.75, 3.05) is 26.2 Å². The number of amides is 1. The molecule has 0 bridgehead atoms. The first kappa shape index (κ1) is 21.0. The fraction of sp³-hybridized carbons (Fsp3) is 0.609. The van der Waals surface area contributed by atoms with Gasteiger partial charge in [-0.3, -0.25) is 14.6 Å². The van der Waals surface area contributed by atoms with Gasteiger partial charge in [-0.1, -0.05) is 35.5 Å². The zero-order valence-corrected chi connectivity index (χ0v) is 18.1. The van der Waals surface area contributed by atoms with Crippen molar-refractivity contribution in [3.05, 3.63) is 47.6 Å². The van der Waals surface area contributed by atoms with Gasteiger partial charge in [-0.15, -0.1) is 0 Å². The molecule has 1 atom stereocenters. The number of hydrogen-bond acceptors (Lipinski definition) is 6. The number of nitrogens with zero attached hydrogens (tertiary/aromatic N) is 4. The average Bonchev–Trinajstić information content (AvgIpc) is 3.22. The second-order valence-corrected chi connectivity index (χ2v) is 8.70. The zero-order chi connectivity index (χ0) is 20.9. The molecule has 3 heterocycles. The van der Waals surface area contributed by atoms with Gasteiger partial charge < -0.3 is 9.84 Å². The van der Waals surface area contributed by atoms with Gasteiger partial charge in [-0.2, -0.15) is 4.98 Å².